The molecule has 1 aliphatic rings. The highest BCUT2D eigenvalue weighted by molar-refractivity contribution is 5.82. The molecule has 1 atom stereocenters. The highest BCUT2D eigenvalue weighted by atomic mass is 15.2. The number of nitrogens with one attached hydrogen (secondary N) is 1. The third-order valence-electron chi connectivity index (χ3n) is 3.36. The summed E-state index contributed by atoms with van der Waals surface area (Å²) in [5, 5.41) is 7.49. The maximum Gasteiger partial charge on any atom is 0.108 e. The van der Waals surface area contributed by atoms with Gasteiger partial charge in [0, 0.05) is 6.04 Å². The van der Waals surface area contributed by atoms with Crippen LogP contribution in [0.4, 0.5) is 0 Å². The minimum atomic E-state index is 0.114. The lowest BCUT2D eigenvalue weighted by molar-refractivity contribution is 0.148. The van der Waals surface area contributed by atoms with Crippen LogP contribution in [0.2, 0.25) is 0 Å². The molecule has 14 heavy (non-hydrogen) atoms. The lowest BCUT2D eigenvalue weighted by Gasteiger charge is -2.37. The molecule has 0 aromatic heterocycles. The SMILES string of the molecule is CCN(C1CCCCC1)C(C)C(=N)N. The normalized spacial score (nSPS) is 21.1. The first-order chi connectivity index (χ1) is 6.66. The van der Waals surface area contributed by atoms with Crippen molar-refractivity contribution in [2.24, 2.45) is 5.73 Å². The third kappa shape index (κ3) is 2.71. The molecule has 0 amide bonds. The summed E-state index contributed by atoms with van der Waals surface area (Å²) >= 11 is 0. The van der Waals surface area contributed by atoms with Crippen LogP contribution in [0.1, 0.15) is 46.0 Å². The Balaban J connectivity index is 2.55. The summed E-state index contributed by atoms with van der Waals surface area (Å²) in [4.78, 5) is 2.38. The molecule has 0 heterocycles. The van der Waals surface area contributed by atoms with E-state index in [4.69, 9.17) is 11.1 Å². The van der Waals surface area contributed by atoms with Crippen LogP contribution in [0.25, 0.3) is 0 Å². The van der Waals surface area contributed by atoms with Gasteiger partial charge >= 0.3 is 0 Å². The second kappa shape index (κ2) is 5.35. The molecule has 82 valence electrons. The van der Waals surface area contributed by atoms with Crippen molar-refractivity contribution in [3.05, 3.63) is 0 Å². The highest BCUT2D eigenvalue weighted by Crippen LogP contribution is 2.23. The van der Waals surface area contributed by atoms with Crippen molar-refractivity contribution in [2.45, 2.75) is 58.0 Å². The molecule has 0 radical (unpaired) electrons. The van der Waals surface area contributed by atoms with E-state index >= 15 is 0 Å². The Hall–Kier alpha value is -0.570. The van der Waals surface area contributed by atoms with Crippen molar-refractivity contribution in [1.82, 2.24) is 4.90 Å². The molecule has 3 nitrogen and oxygen atoms in total. The molecule has 0 aromatic rings. The average molecular weight is 197 g/mol. The molecule has 1 saturated carbocycles. The number of nitrogens with zero attached hydrogens (tertiary/aromatic N) is 1. The zero-order chi connectivity index (χ0) is 10.6. The molecule has 3 heteroatoms. The molecule has 0 saturated heterocycles. The molecule has 0 bridgehead atoms. The average Bonchev–Trinajstić information content (AvgIpc) is 2.20. The smallest absolute Gasteiger partial charge is 0.108 e. The van der Waals surface area contributed by atoms with Gasteiger partial charge in [0.05, 0.1) is 6.04 Å². The van der Waals surface area contributed by atoms with E-state index < -0.39 is 0 Å². The van der Waals surface area contributed by atoms with Gasteiger partial charge in [-0.15, -0.1) is 0 Å². The van der Waals surface area contributed by atoms with Crippen molar-refractivity contribution in [1.29, 1.82) is 5.41 Å². The van der Waals surface area contributed by atoms with Gasteiger partial charge in [0.25, 0.3) is 0 Å². The maximum atomic E-state index is 7.49. The molecule has 0 spiro atoms. The Morgan fingerprint density at radius 3 is 2.43 bits per heavy atom. The van der Waals surface area contributed by atoms with Gasteiger partial charge in [0.15, 0.2) is 0 Å². The van der Waals surface area contributed by atoms with Crippen LogP contribution in [0.5, 0.6) is 0 Å². The molecule has 3 N–H and O–H groups in total. The Kier molecular flexibility index (Phi) is 4.39. The second-order valence-electron chi connectivity index (χ2n) is 4.25. The van der Waals surface area contributed by atoms with E-state index in [0.717, 1.165) is 6.54 Å². The standard InChI is InChI=1S/C11H23N3/c1-3-14(9(2)11(12)13)10-7-5-4-6-8-10/h9-10H,3-8H2,1-2H3,(H3,12,13). The van der Waals surface area contributed by atoms with E-state index in [1.54, 1.807) is 0 Å². The fraction of sp³-hybridized carbons (Fsp3) is 0.909. The predicted molar refractivity (Wildman–Crippen MR) is 60.6 cm³/mol. The lowest BCUT2D eigenvalue weighted by Crippen LogP contribution is -2.48. The number of likely N-dealkylation sites (N-methyl/N-ethyl adjacent to an activating group) is 1. The van der Waals surface area contributed by atoms with Gasteiger partial charge in [-0.05, 0) is 26.3 Å². The van der Waals surface area contributed by atoms with Crippen LogP contribution in [-0.2, 0) is 0 Å². The predicted octanol–water partition coefficient (Wildman–Crippen LogP) is 1.97. The van der Waals surface area contributed by atoms with Crippen molar-refractivity contribution < 1.29 is 0 Å². The van der Waals surface area contributed by atoms with Crippen LogP contribution in [0.3, 0.4) is 0 Å². The quantitative estimate of drug-likeness (QED) is 0.535. The first-order valence-corrected chi connectivity index (χ1v) is 5.76. The molecular formula is C11H23N3. The van der Waals surface area contributed by atoms with Gasteiger partial charge in [-0.2, -0.15) is 0 Å². The topological polar surface area (TPSA) is 53.1 Å². The van der Waals surface area contributed by atoms with E-state index in [9.17, 15) is 0 Å². The molecule has 0 aromatic carbocycles. The summed E-state index contributed by atoms with van der Waals surface area (Å²) in [6.07, 6.45) is 6.62. The first kappa shape index (κ1) is 11.5. The van der Waals surface area contributed by atoms with Crippen LogP contribution in [0.15, 0.2) is 0 Å². The summed E-state index contributed by atoms with van der Waals surface area (Å²) in [7, 11) is 0. The molecular weight excluding hydrogens is 174 g/mol. The molecule has 1 unspecified atom stereocenters. The Morgan fingerprint density at radius 1 is 1.43 bits per heavy atom. The first-order valence-electron chi connectivity index (χ1n) is 5.76. The van der Waals surface area contributed by atoms with Crippen molar-refractivity contribution in [3.8, 4) is 0 Å². The van der Waals surface area contributed by atoms with E-state index in [1.165, 1.54) is 32.1 Å². The number of amidine groups is 1. The zero-order valence-electron chi connectivity index (χ0n) is 9.42. The van der Waals surface area contributed by atoms with Crippen molar-refractivity contribution in [2.75, 3.05) is 6.54 Å². The van der Waals surface area contributed by atoms with E-state index in [1.807, 2.05) is 6.92 Å². The van der Waals surface area contributed by atoms with Crippen LogP contribution < -0.4 is 5.73 Å². The van der Waals surface area contributed by atoms with Gasteiger partial charge in [-0.3, -0.25) is 10.3 Å². The van der Waals surface area contributed by atoms with Gasteiger partial charge in [0.2, 0.25) is 0 Å². The summed E-state index contributed by atoms with van der Waals surface area (Å²) < 4.78 is 0. The van der Waals surface area contributed by atoms with E-state index in [0.29, 0.717) is 11.9 Å². The molecule has 1 aliphatic carbocycles. The Morgan fingerprint density at radius 2 is 2.00 bits per heavy atom. The van der Waals surface area contributed by atoms with Gasteiger partial charge < -0.3 is 5.73 Å². The highest BCUT2D eigenvalue weighted by Gasteiger charge is 2.24. The van der Waals surface area contributed by atoms with Crippen LogP contribution in [-0.4, -0.2) is 29.4 Å². The largest absolute Gasteiger partial charge is 0.386 e. The maximum absolute atomic E-state index is 7.49. The molecule has 1 fully saturated rings. The summed E-state index contributed by atoms with van der Waals surface area (Å²) in [6, 6.07) is 0.774. The van der Waals surface area contributed by atoms with Gasteiger partial charge in [0.1, 0.15) is 5.84 Å². The second-order valence-corrected chi connectivity index (χ2v) is 4.25. The monoisotopic (exact) mass is 197 g/mol. The minimum absolute atomic E-state index is 0.114. The fourth-order valence-corrected chi connectivity index (χ4v) is 2.44. The van der Waals surface area contributed by atoms with E-state index in [-0.39, 0.29) is 6.04 Å². The minimum Gasteiger partial charge on any atom is -0.386 e. The number of nitrogens with two attached hydrogens (primary N) is 1. The summed E-state index contributed by atoms with van der Waals surface area (Å²) in [5.41, 5.74) is 5.56. The van der Waals surface area contributed by atoms with Gasteiger partial charge in [-0.25, -0.2) is 0 Å². The lowest BCUT2D eigenvalue weighted by atomic mass is 9.93. The zero-order valence-corrected chi connectivity index (χ0v) is 9.42. The summed E-state index contributed by atoms with van der Waals surface area (Å²) in [6.45, 7) is 5.21. The van der Waals surface area contributed by atoms with Crippen LogP contribution >= 0.6 is 0 Å². The number of rotatable bonds is 4. The Bertz CT molecular complexity index is 185. The fourth-order valence-electron chi connectivity index (χ4n) is 2.44. The van der Waals surface area contributed by atoms with Crippen molar-refractivity contribution >= 4 is 5.84 Å². The summed E-state index contributed by atoms with van der Waals surface area (Å²) in [5.74, 6) is 0.303. The third-order valence-corrected chi connectivity index (χ3v) is 3.36. The Labute approximate surface area is 87.2 Å². The van der Waals surface area contributed by atoms with Crippen LogP contribution in [0, 0.1) is 5.41 Å². The molecule has 0 aliphatic heterocycles. The van der Waals surface area contributed by atoms with E-state index in [2.05, 4.69) is 11.8 Å². The number of hydrogen-bond acceptors (Lipinski definition) is 2. The molecule has 1 rings (SSSR count). The van der Waals surface area contributed by atoms with Gasteiger partial charge in [-0.1, -0.05) is 26.2 Å². The number of hydrogen-bond donors (Lipinski definition) is 2. The van der Waals surface area contributed by atoms with Crippen molar-refractivity contribution in [3.63, 3.8) is 0 Å².